The maximum Gasteiger partial charge on any atom is 0.225 e. The van der Waals surface area contributed by atoms with Crippen molar-refractivity contribution < 1.29 is 28.2 Å². The summed E-state index contributed by atoms with van der Waals surface area (Å²) < 4.78 is 29.5. The van der Waals surface area contributed by atoms with Crippen molar-refractivity contribution in [2.75, 3.05) is 65.1 Å². The van der Waals surface area contributed by atoms with Gasteiger partial charge in [-0.05, 0) is 47.7 Å². The summed E-state index contributed by atoms with van der Waals surface area (Å²) >= 11 is 0. The van der Waals surface area contributed by atoms with E-state index >= 15 is 0 Å². The quantitative estimate of drug-likeness (QED) is 0.142. The van der Waals surface area contributed by atoms with E-state index in [1.165, 1.54) is 11.9 Å². The molecule has 0 saturated heterocycles. The van der Waals surface area contributed by atoms with Crippen LogP contribution in [-0.2, 0) is 43.3 Å². The van der Waals surface area contributed by atoms with Gasteiger partial charge in [0.15, 0.2) is 17.1 Å². The molecule has 2 N–H and O–H groups in total. The Morgan fingerprint density at radius 2 is 1.67 bits per heavy atom. The molecule has 4 heterocycles. The Kier molecular flexibility index (Phi) is 11.2. The van der Waals surface area contributed by atoms with E-state index in [1.807, 2.05) is 34.7 Å². The van der Waals surface area contributed by atoms with Crippen LogP contribution in [0.1, 0.15) is 42.3 Å². The zero-order valence-corrected chi connectivity index (χ0v) is 27.7. The van der Waals surface area contributed by atoms with Gasteiger partial charge in [-0.2, -0.15) is 5.10 Å². The summed E-state index contributed by atoms with van der Waals surface area (Å²) in [6.45, 7) is 9.93. The standard InChI is InChI=1S/C35H43N7O6/c1-3-11-44-13-15-46-17-18-47-16-14-45-12-9-31(43)41-10-8-26-19-25(4-5-28(26)22-41)21-42-35-32(34(36)37-23-38-35)33(40-42)27-6-7-30-29(20-27)39-24(2)48-30/h4-7,19-20,23H,3,8-18,21-22H2,1-2H3,(H2,36,37,38). The Bertz CT molecular complexity index is 1840. The fourth-order valence-electron chi connectivity index (χ4n) is 5.85. The lowest BCUT2D eigenvalue weighted by molar-refractivity contribution is -0.133. The Hall–Kier alpha value is -4.43. The molecule has 0 unspecified atom stereocenters. The number of aromatic nitrogens is 5. The largest absolute Gasteiger partial charge is 0.441 e. The lowest BCUT2D eigenvalue weighted by Crippen LogP contribution is -2.36. The summed E-state index contributed by atoms with van der Waals surface area (Å²) in [5, 5.41) is 5.65. The molecule has 254 valence electrons. The lowest BCUT2D eigenvalue weighted by Gasteiger charge is -2.29. The first-order chi connectivity index (χ1) is 23.5. The van der Waals surface area contributed by atoms with Gasteiger partial charge in [-0.15, -0.1) is 0 Å². The van der Waals surface area contributed by atoms with Crippen molar-refractivity contribution in [3.8, 4) is 11.3 Å². The zero-order chi connectivity index (χ0) is 33.3. The van der Waals surface area contributed by atoms with E-state index in [4.69, 9.17) is 34.2 Å². The molecule has 13 heteroatoms. The number of amides is 1. The molecule has 0 fully saturated rings. The number of anilines is 1. The fraction of sp³-hybridized carbons (Fsp3) is 0.457. The molecule has 6 rings (SSSR count). The summed E-state index contributed by atoms with van der Waals surface area (Å²) in [7, 11) is 0. The highest BCUT2D eigenvalue weighted by atomic mass is 16.6. The van der Waals surface area contributed by atoms with Gasteiger partial charge in [0.05, 0.1) is 64.6 Å². The van der Waals surface area contributed by atoms with Crippen LogP contribution in [-0.4, -0.2) is 94.9 Å². The normalized spacial score (nSPS) is 13.1. The second-order valence-electron chi connectivity index (χ2n) is 11.7. The average molecular weight is 658 g/mol. The van der Waals surface area contributed by atoms with Crippen molar-refractivity contribution >= 4 is 33.9 Å². The molecule has 0 saturated carbocycles. The van der Waals surface area contributed by atoms with Gasteiger partial charge in [-0.25, -0.2) is 19.6 Å². The van der Waals surface area contributed by atoms with Crippen molar-refractivity contribution in [1.82, 2.24) is 29.6 Å². The van der Waals surface area contributed by atoms with E-state index < -0.39 is 0 Å². The van der Waals surface area contributed by atoms with E-state index in [2.05, 4.69) is 40.1 Å². The maximum absolute atomic E-state index is 12.9. The summed E-state index contributed by atoms with van der Waals surface area (Å²) in [5.41, 5.74) is 13.5. The number of oxazole rings is 1. The van der Waals surface area contributed by atoms with Crippen molar-refractivity contribution in [2.45, 2.75) is 46.2 Å². The number of hydrogen-bond acceptors (Lipinski definition) is 11. The molecular formula is C35H43N7O6. The number of fused-ring (bicyclic) bond motifs is 3. The molecule has 3 aromatic heterocycles. The molecule has 0 spiro atoms. The van der Waals surface area contributed by atoms with Crippen LogP contribution in [0.25, 0.3) is 33.4 Å². The Morgan fingerprint density at radius 1 is 0.917 bits per heavy atom. The first-order valence-electron chi connectivity index (χ1n) is 16.5. The number of ether oxygens (including phenoxy) is 4. The molecule has 0 radical (unpaired) electrons. The van der Waals surface area contributed by atoms with E-state index in [9.17, 15) is 4.79 Å². The van der Waals surface area contributed by atoms with Gasteiger partial charge in [0, 0.05) is 32.2 Å². The minimum Gasteiger partial charge on any atom is -0.441 e. The summed E-state index contributed by atoms with van der Waals surface area (Å²) in [6.07, 6.45) is 3.60. The van der Waals surface area contributed by atoms with Gasteiger partial charge < -0.3 is 34.0 Å². The lowest BCUT2D eigenvalue weighted by atomic mass is 9.97. The minimum atomic E-state index is 0.0936. The maximum atomic E-state index is 12.9. The molecule has 48 heavy (non-hydrogen) atoms. The summed E-state index contributed by atoms with van der Waals surface area (Å²) in [4.78, 5) is 28.1. The smallest absolute Gasteiger partial charge is 0.225 e. The van der Waals surface area contributed by atoms with Crippen LogP contribution in [0, 0.1) is 6.92 Å². The second-order valence-corrected chi connectivity index (χ2v) is 11.7. The number of carbonyl (C=O) groups excluding carboxylic acids is 1. The van der Waals surface area contributed by atoms with E-state index in [-0.39, 0.29) is 5.91 Å². The number of nitrogens with two attached hydrogens (primary N) is 1. The van der Waals surface area contributed by atoms with Gasteiger partial charge in [-0.1, -0.05) is 25.1 Å². The van der Waals surface area contributed by atoms with Gasteiger partial charge in [0.1, 0.15) is 23.4 Å². The van der Waals surface area contributed by atoms with E-state index in [0.29, 0.717) is 101 Å². The van der Waals surface area contributed by atoms with E-state index in [0.717, 1.165) is 47.2 Å². The number of nitrogens with zero attached hydrogens (tertiary/aromatic N) is 6. The van der Waals surface area contributed by atoms with Crippen LogP contribution in [0.2, 0.25) is 0 Å². The SMILES string of the molecule is CCCOCCOCCOCCOCCC(=O)N1CCc2cc(Cn3nc(-c4ccc5oc(C)nc5c4)c4c(N)ncnc43)ccc2C1. The van der Waals surface area contributed by atoms with Crippen molar-refractivity contribution in [3.63, 3.8) is 0 Å². The predicted octanol–water partition coefficient (Wildman–Crippen LogP) is 4.32. The second kappa shape index (κ2) is 16.1. The third-order valence-electron chi connectivity index (χ3n) is 8.22. The third-order valence-corrected chi connectivity index (χ3v) is 8.22. The Balaban J connectivity index is 0.993. The summed E-state index contributed by atoms with van der Waals surface area (Å²) in [5.74, 6) is 1.07. The monoisotopic (exact) mass is 657 g/mol. The fourth-order valence-corrected chi connectivity index (χ4v) is 5.85. The van der Waals surface area contributed by atoms with Crippen molar-refractivity contribution in [3.05, 3.63) is 65.3 Å². The van der Waals surface area contributed by atoms with Crippen LogP contribution >= 0.6 is 0 Å². The molecule has 1 aliphatic rings. The van der Waals surface area contributed by atoms with Gasteiger partial charge in [-0.3, -0.25) is 4.79 Å². The molecule has 1 aliphatic heterocycles. The van der Waals surface area contributed by atoms with Crippen LogP contribution in [0.5, 0.6) is 0 Å². The molecule has 5 aromatic rings. The highest BCUT2D eigenvalue weighted by Gasteiger charge is 2.22. The summed E-state index contributed by atoms with van der Waals surface area (Å²) in [6, 6.07) is 12.2. The Morgan fingerprint density at radius 3 is 2.44 bits per heavy atom. The van der Waals surface area contributed by atoms with Gasteiger partial charge >= 0.3 is 0 Å². The topological polar surface area (TPSA) is 153 Å². The molecule has 2 aromatic carbocycles. The number of benzene rings is 2. The predicted molar refractivity (Wildman–Crippen MR) is 180 cm³/mol. The number of carbonyl (C=O) groups is 1. The highest BCUT2D eigenvalue weighted by Crippen LogP contribution is 2.32. The molecule has 0 aliphatic carbocycles. The number of rotatable bonds is 17. The molecular weight excluding hydrogens is 614 g/mol. The van der Waals surface area contributed by atoms with Crippen molar-refractivity contribution in [1.29, 1.82) is 0 Å². The zero-order valence-electron chi connectivity index (χ0n) is 27.7. The molecule has 13 nitrogen and oxygen atoms in total. The first kappa shape index (κ1) is 33.5. The molecule has 1 amide bonds. The first-order valence-corrected chi connectivity index (χ1v) is 16.5. The van der Waals surface area contributed by atoms with Crippen LogP contribution in [0.4, 0.5) is 5.82 Å². The number of nitrogen functional groups attached to an aromatic ring is 1. The highest BCUT2D eigenvalue weighted by molar-refractivity contribution is 5.99. The molecule has 0 atom stereocenters. The Labute approximate surface area is 279 Å². The van der Waals surface area contributed by atoms with Crippen LogP contribution in [0.3, 0.4) is 0 Å². The third kappa shape index (κ3) is 8.16. The molecule has 0 bridgehead atoms. The van der Waals surface area contributed by atoms with Gasteiger partial charge in [0.2, 0.25) is 5.91 Å². The van der Waals surface area contributed by atoms with Crippen molar-refractivity contribution in [2.24, 2.45) is 0 Å². The minimum absolute atomic E-state index is 0.0936. The van der Waals surface area contributed by atoms with E-state index in [1.54, 1.807) is 0 Å². The van der Waals surface area contributed by atoms with Crippen LogP contribution in [0.15, 0.2) is 47.1 Å². The number of hydrogen-bond donors (Lipinski definition) is 1. The average Bonchev–Trinajstić information content (AvgIpc) is 3.66. The van der Waals surface area contributed by atoms with Gasteiger partial charge in [0.25, 0.3) is 0 Å². The van der Waals surface area contributed by atoms with Crippen LogP contribution < -0.4 is 5.73 Å². The number of aryl methyl sites for hydroxylation is 1.